The molecule has 4 N–H and O–H groups in total. The molecule has 0 spiro atoms. The van der Waals surface area contributed by atoms with Gasteiger partial charge in [0.15, 0.2) is 0 Å². The topological polar surface area (TPSA) is 91.4 Å². The number of carbonyl (C=O) groups excluding carboxylic acids is 1. The van der Waals surface area contributed by atoms with Crippen LogP contribution in [0.3, 0.4) is 0 Å². The normalized spacial score (nSPS) is 14.3. The smallest absolute Gasteiger partial charge is 0.321 e. The third-order valence-electron chi connectivity index (χ3n) is 3.16. The van der Waals surface area contributed by atoms with Gasteiger partial charge in [-0.25, -0.2) is 4.79 Å². The largest absolute Gasteiger partial charge is 0.495 e. The SMILES string of the molecule is COc1cccc(C(=N)N)c1NC(=O)N1CCCC1. The van der Waals surface area contributed by atoms with E-state index in [1.807, 2.05) is 0 Å². The summed E-state index contributed by atoms with van der Waals surface area (Å²) in [5.74, 6) is 0.399. The first-order valence-electron chi connectivity index (χ1n) is 6.21. The number of nitrogen functional groups attached to an aromatic ring is 1. The fraction of sp³-hybridized carbons (Fsp3) is 0.385. The number of anilines is 1. The number of hydrogen-bond donors (Lipinski definition) is 3. The van der Waals surface area contributed by atoms with E-state index >= 15 is 0 Å². The Morgan fingerprint density at radius 3 is 2.68 bits per heavy atom. The lowest BCUT2D eigenvalue weighted by Crippen LogP contribution is -2.33. The van der Waals surface area contributed by atoms with Crippen molar-refractivity contribution in [3.8, 4) is 5.75 Å². The van der Waals surface area contributed by atoms with Gasteiger partial charge in [-0.15, -0.1) is 0 Å². The first kappa shape index (κ1) is 13.2. The number of para-hydroxylation sites is 1. The van der Waals surface area contributed by atoms with Crippen molar-refractivity contribution in [2.75, 3.05) is 25.5 Å². The van der Waals surface area contributed by atoms with Crippen LogP contribution in [0.2, 0.25) is 0 Å². The number of amides is 2. The van der Waals surface area contributed by atoms with Crippen LogP contribution < -0.4 is 15.8 Å². The molecule has 1 aromatic rings. The summed E-state index contributed by atoms with van der Waals surface area (Å²) in [6, 6.07) is 4.97. The summed E-state index contributed by atoms with van der Waals surface area (Å²) in [6.07, 6.45) is 2.05. The summed E-state index contributed by atoms with van der Waals surface area (Å²) in [5.41, 5.74) is 6.45. The van der Waals surface area contributed by atoms with Crippen molar-refractivity contribution in [2.24, 2.45) is 5.73 Å². The van der Waals surface area contributed by atoms with Crippen LogP contribution in [0.15, 0.2) is 18.2 Å². The summed E-state index contributed by atoms with van der Waals surface area (Å²) in [5, 5.41) is 10.4. The fourth-order valence-corrected chi connectivity index (χ4v) is 2.16. The van der Waals surface area contributed by atoms with E-state index in [4.69, 9.17) is 15.9 Å². The molecule has 1 fully saturated rings. The van der Waals surface area contributed by atoms with E-state index < -0.39 is 0 Å². The van der Waals surface area contributed by atoms with Crippen molar-refractivity contribution < 1.29 is 9.53 Å². The monoisotopic (exact) mass is 262 g/mol. The molecule has 1 aromatic carbocycles. The second kappa shape index (κ2) is 5.60. The van der Waals surface area contributed by atoms with Gasteiger partial charge in [-0.2, -0.15) is 0 Å². The number of hydrogen-bond acceptors (Lipinski definition) is 3. The van der Waals surface area contributed by atoms with E-state index in [2.05, 4.69) is 5.32 Å². The zero-order valence-electron chi connectivity index (χ0n) is 10.9. The Bertz CT molecular complexity index is 495. The number of nitrogens with one attached hydrogen (secondary N) is 2. The molecule has 0 radical (unpaired) electrons. The van der Waals surface area contributed by atoms with Gasteiger partial charge in [0.25, 0.3) is 0 Å². The number of nitrogens with zero attached hydrogens (tertiary/aromatic N) is 1. The van der Waals surface area contributed by atoms with E-state index in [9.17, 15) is 4.79 Å². The summed E-state index contributed by atoms with van der Waals surface area (Å²) < 4.78 is 5.21. The fourth-order valence-electron chi connectivity index (χ4n) is 2.16. The molecular weight excluding hydrogens is 244 g/mol. The average Bonchev–Trinajstić information content (AvgIpc) is 2.92. The number of methoxy groups -OCH3 is 1. The molecule has 0 aliphatic carbocycles. The van der Waals surface area contributed by atoms with Gasteiger partial charge in [-0.1, -0.05) is 6.07 Å². The molecule has 2 rings (SSSR count). The van der Waals surface area contributed by atoms with Crippen LogP contribution in [0.4, 0.5) is 10.5 Å². The highest BCUT2D eigenvalue weighted by atomic mass is 16.5. The van der Waals surface area contributed by atoms with Crippen molar-refractivity contribution in [3.05, 3.63) is 23.8 Å². The van der Waals surface area contributed by atoms with Gasteiger partial charge < -0.3 is 20.7 Å². The highest BCUT2D eigenvalue weighted by Gasteiger charge is 2.21. The van der Waals surface area contributed by atoms with Gasteiger partial charge in [0.05, 0.1) is 12.8 Å². The summed E-state index contributed by atoms with van der Waals surface area (Å²) in [4.78, 5) is 13.9. The second-order valence-electron chi connectivity index (χ2n) is 4.42. The molecule has 19 heavy (non-hydrogen) atoms. The van der Waals surface area contributed by atoms with Crippen LogP contribution in [0.25, 0.3) is 0 Å². The predicted octanol–water partition coefficient (Wildman–Crippen LogP) is 1.61. The maximum Gasteiger partial charge on any atom is 0.321 e. The van der Waals surface area contributed by atoms with Gasteiger partial charge in [-0.05, 0) is 25.0 Å². The number of carbonyl (C=O) groups is 1. The van der Waals surface area contributed by atoms with Crippen LogP contribution in [0.5, 0.6) is 5.75 Å². The van der Waals surface area contributed by atoms with Crippen LogP contribution >= 0.6 is 0 Å². The molecule has 1 saturated heterocycles. The first-order chi connectivity index (χ1) is 9.13. The van der Waals surface area contributed by atoms with Crippen LogP contribution in [0, 0.1) is 5.41 Å². The minimum Gasteiger partial charge on any atom is -0.495 e. The lowest BCUT2D eigenvalue weighted by atomic mass is 10.1. The molecule has 1 aliphatic heterocycles. The van der Waals surface area contributed by atoms with Crippen LogP contribution in [0.1, 0.15) is 18.4 Å². The minimum absolute atomic E-state index is 0.101. The lowest BCUT2D eigenvalue weighted by Gasteiger charge is -2.19. The molecule has 0 saturated carbocycles. The van der Waals surface area contributed by atoms with Crippen LogP contribution in [-0.2, 0) is 0 Å². The van der Waals surface area contributed by atoms with Crippen LogP contribution in [-0.4, -0.2) is 37.0 Å². The molecule has 6 nitrogen and oxygen atoms in total. The number of likely N-dealkylation sites (tertiary alicyclic amines) is 1. The number of amidine groups is 1. The quantitative estimate of drug-likeness (QED) is 0.571. The summed E-state index contributed by atoms with van der Waals surface area (Å²) in [6.45, 7) is 1.52. The summed E-state index contributed by atoms with van der Waals surface area (Å²) in [7, 11) is 1.52. The van der Waals surface area contributed by atoms with Crippen molar-refractivity contribution >= 4 is 17.6 Å². The molecule has 2 amide bonds. The zero-order chi connectivity index (χ0) is 13.8. The minimum atomic E-state index is -0.176. The molecule has 1 heterocycles. The van der Waals surface area contributed by atoms with E-state index in [-0.39, 0.29) is 11.9 Å². The number of benzene rings is 1. The average molecular weight is 262 g/mol. The van der Waals surface area contributed by atoms with Crippen molar-refractivity contribution in [3.63, 3.8) is 0 Å². The molecule has 0 bridgehead atoms. The molecule has 0 aromatic heterocycles. The van der Waals surface area contributed by atoms with E-state index in [1.54, 1.807) is 23.1 Å². The second-order valence-corrected chi connectivity index (χ2v) is 4.42. The van der Waals surface area contributed by atoms with Gasteiger partial charge in [0.2, 0.25) is 0 Å². The first-order valence-corrected chi connectivity index (χ1v) is 6.21. The molecule has 0 unspecified atom stereocenters. The lowest BCUT2D eigenvalue weighted by molar-refractivity contribution is 0.222. The van der Waals surface area contributed by atoms with Crippen molar-refractivity contribution in [1.82, 2.24) is 4.90 Å². The number of nitrogens with two attached hydrogens (primary N) is 1. The molecule has 1 aliphatic rings. The Morgan fingerprint density at radius 2 is 2.11 bits per heavy atom. The molecular formula is C13H18N4O2. The van der Waals surface area contributed by atoms with Gasteiger partial charge in [0.1, 0.15) is 11.6 Å². The van der Waals surface area contributed by atoms with E-state index in [0.29, 0.717) is 17.0 Å². The highest BCUT2D eigenvalue weighted by Crippen LogP contribution is 2.28. The number of rotatable bonds is 3. The Hall–Kier alpha value is -2.24. The van der Waals surface area contributed by atoms with Crippen molar-refractivity contribution in [2.45, 2.75) is 12.8 Å². The van der Waals surface area contributed by atoms with E-state index in [0.717, 1.165) is 25.9 Å². The Morgan fingerprint density at radius 1 is 1.42 bits per heavy atom. The highest BCUT2D eigenvalue weighted by molar-refractivity contribution is 6.05. The Balaban J connectivity index is 2.26. The third-order valence-corrected chi connectivity index (χ3v) is 3.16. The van der Waals surface area contributed by atoms with Crippen molar-refractivity contribution in [1.29, 1.82) is 5.41 Å². The predicted molar refractivity (Wildman–Crippen MR) is 73.8 cm³/mol. The number of urea groups is 1. The van der Waals surface area contributed by atoms with E-state index in [1.165, 1.54) is 7.11 Å². The Labute approximate surface area is 112 Å². The van der Waals surface area contributed by atoms with Gasteiger partial charge in [-0.3, -0.25) is 5.41 Å². The van der Waals surface area contributed by atoms with Gasteiger partial charge >= 0.3 is 6.03 Å². The third kappa shape index (κ3) is 2.78. The Kier molecular flexibility index (Phi) is 3.89. The maximum absolute atomic E-state index is 12.1. The summed E-state index contributed by atoms with van der Waals surface area (Å²) >= 11 is 0. The maximum atomic E-state index is 12.1. The number of ether oxygens (including phenoxy) is 1. The molecule has 6 heteroatoms. The standard InChI is InChI=1S/C13H18N4O2/c1-19-10-6-4-5-9(12(14)15)11(10)16-13(18)17-7-2-3-8-17/h4-6H,2-3,7-8H2,1H3,(H3,14,15)(H,16,18). The molecule has 102 valence electrons. The van der Waals surface area contributed by atoms with Gasteiger partial charge in [0, 0.05) is 18.7 Å². The molecule has 0 atom stereocenters. The zero-order valence-corrected chi connectivity index (χ0v) is 10.9.